The quantitative estimate of drug-likeness (QED) is 0.778. The van der Waals surface area contributed by atoms with Crippen molar-refractivity contribution in [1.82, 2.24) is 10.2 Å². The van der Waals surface area contributed by atoms with Crippen molar-refractivity contribution < 1.29 is 17.9 Å². The SMILES string of the molecule is Cc1[nH]ncc1NS(=O)(=O)c1ccc2c(c1)NC(=O)CO2. The molecule has 9 heteroatoms. The van der Waals surface area contributed by atoms with Gasteiger partial charge >= 0.3 is 0 Å². The van der Waals surface area contributed by atoms with Gasteiger partial charge in [-0.3, -0.25) is 14.6 Å². The third-order valence-corrected chi connectivity index (χ3v) is 4.33. The molecule has 21 heavy (non-hydrogen) atoms. The number of fused-ring (bicyclic) bond motifs is 1. The minimum absolute atomic E-state index is 0.0210. The Bertz CT molecular complexity index is 812. The van der Waals surface area contributed by atoms with Crippen LogP contribution in [0.2, 0.25) is 0 Å². The molecule has 0 fully saturated rings. The molecular formula is C12H12N4O4S. The molecule has 0 saturated heterocycles. The molecule has 1 aromatic carbocycles. The average Bonchev–Trinajstić information content (AvgIpc) is 2.82. The molecule has 1 aliphatic rings. The van der Waals surface area contributed by atoms with Gasteiger partial charge in [0.2, 0.25) is 0 Å². The van der Waals surface area contributed by atoms with E-state index in [-0.39, 0.29) is 17.4 Å². The van der Waals surface area contributed by atoms with Crippen molar-refractivity contribution in [3.05, 3.63) is 30.1 Å². The Kier molecular flexibility index (Phi) is 3.05. The molecule has 1 aromatic heterocycles. The van der Waals surface area contributed by atoms with E-state index in [1.807, 2.05) is 0 Å². The van der Waals surface area contributed by atoms with E-state index in [2.05, 4.69) is 20.2 Å². The smallest absolute Gasteiger partial charge is 0.262 e. The summed E-state index contributed by atoms with van der Waals surface area (Å²) in [6.07, 6.45) is 1.39. The number of nitrogens with zero attached hydrogens (tertiary/aromatic N) is 1. The van der Waals surface area contributed by atoms with E-state index in [1.165, 1.54) is 24.4 Å². The van der Waals surface area contributed by atoms with Crippen LogP contribution >= 0.6 is 0 Å². The number of carbonyl (C=O) groups excluding carboxylic acids is 1. The Morgan fingerprint density at radius 1 is 1.38 bits per heavy atom. The predicted molar refractivity (Wildman–Crippen MR) is 74.7 cm³/mol. The number of hydrogen-bond donors (Lipinski definition) is 3. The number of amides is 1. The molecular weight excluding hydrogens is 296 g/mol. The van der Waals surface area contributed by atoms with E-state index in [4.69, 9.17) is 4.74 Å². The number of aromatic amines is 1. The molecule has 1 aliphatic heterocycles. The highest BCUT2D eigenvalue weighted by Crippen LogP contribution is 2.30. The minimum Gasteiger partial charge on any atom is -0.482 e. The average molecular weight is 308 g/mol. The van der Waals surface area contributed by atoms with Gasteiger partial charge in [-0.1, -0.05) is 0 Å². The largest absolute Gasteiger partial charge is 0.482 e. The monoisotopic (exact) mass is 308 g/mol. The van der Waals surface area contributed by atoms with Crippen LogP contribution in [-0.2, 0) is 14.8 Å². The van der Waals surface area contributed by atoms with E-state index in [9.17, 15) is 13.2 Å². The maximum atomic E-state index is 12.3. The fraction of sp³-hybridized carbons (Fsp3) is 0.167. The number of rotatable bonds is 3. The van der Waals surface area contributed by atoms with Crippen LogP contribution in [0.15, 0.2) is 29.3 Å². The number of hydrogen-bond acceptors (Lipinski definition) is 5. The highest BCUT2D eigenvalue weighted by molar-refractivity contribution is 7.92. The molecule has 2 aromatic rings. The lowest BCUT2D eigenvalue weighted by Gasteiger charge is -2.18. The topological polar surface area (TPSA) is 113 Å². The number of H-pyrrole nitrogens is 1. The zero-order valence-corrected chi connectivity index (χ0v) is 11.8. The van der Waals surface area contributed by atoms with Gasteiger partial charge in [-0.2, -0.15) is 5.10 Å². The Labute approximate surface area is 120 Å². The highest BCUT2D eigenvalue weighted by atomic mass is 32.2. The lowest BCUT2D eigenvalue weighted by Crippen LogP contribution is -2.25. The van der Waals surface area contributed by atoms with Gasteiger partial charge in [0, 0.05) is 0 Å². The number of carbonyl (C=O) groups is 1. The normalized spacial score (nSPS) is 14.0. The second-order valence-electron chi connectivity index (χ2n) is 4.51. The summed E-state index contributed by atoms with van der Waals surface area (Å²) in [6, 6.07) is 4.27. The van der Waals surface area contributed by atoms with Crippen molar-refractivity contribution in [1.29, 1.82) is 0 Å². The minimum atomic E-state index is -3.77. The van der Waals surface area contributed by atoms with Crippen LogP contribution in [-0.4, -0.2) is 31.1 Å². The number of sulfonamides is 1. The van der Waals surface area contributed by atoms with E-state index in [0.717, 1.165) is 0 Å². The van der Waals surface area contributed by atoms with E-state index in [1.54, 1.807) is 6.92 Å². The summed E-state index contributed by atoms with van der Waals surface area (Å²) in [6.45, 7) is 1.62. The predicted octanol–water partition coefficient (Wildman–Crippen LogP) is 0.850. The summed E-state index contributed by atoms with van der Waals surface area (Å²) in [4.78, 5) is 11.3. The summed E-state index contributed by atoms with van der Waals surface area (Å²) in [5.74, 6) is 0.115. The third kappa shape index (κ3) is 2.55. The van der Waals surface area contributed by atoms with Crippen LogP contribution in [0.3, 0.4) is 0 Å². The van der Waals surface area contributed by atoms with Gasteiger partial charge in [-0.15, -0.1) is 0 Å². The van der Waals surface area contributed by atoms with Crippen LogP contribution in [0.4, 0.5) is 11.4 Å². The standard InChI is InChI=1S/C12H12N4O4S/c1-7-10(5-13-15-7)16-21(18,19)8-2-3-11-9(4-8)14-12(17)6-20-11/h2-5,16H,6H2,1H3,(H,13,15)(H,14,17). The first-order valence-electron chi connectivity index (χ1n) is 6.05. The number of aromatic nitrogens is 2. The maximum Gasteiger partial charge on any atom is 0.262 e. The third-order valence-electron chi connectivity index (χ3n) is 2.97. The van der Waals surface area contributed by atoms with Gasteiger partial charge in [0.05, 0.1) is 28.2 Å². The molecule has 3 rings (SSSR count). The van der Waals surface area contributed by atoms with E-state index >= 15 is 0 Å². The van der Waals surface area contributed by atoms with Crippen LogP contribution in [0, 0.1) is 6.92 Å². The van der Waals surface area contributed by atoms with E-state index in [0.29, 0.717) is 22.8 Å². The Morgan fingerprint density at radius 3 is 2.90 bits per heavy atom. The first-order valence-corrected chi connectivity index (χ1v) is 7.53. The number of nitrogens with one attached hydrogen (secondary N) is 3. The summed E-state index contributed by atoms with van der Waals surface area (Å²) >= 11 is 0. The van der Waals surface area contributed by atoms with Crippen molar-refractivity contribution in [3.8, 4) is 5.75 Å². The molecule has 0 spiro atoms. The molecule has 0 aliphatic carbocycles. The molecule has 0 radical (unpaired) electrons. The molecule has 1 amide bonds. The number of ether oxygens (including phenoxy) is 1. The molecule has 0 unspecified atom stereocenters. The lowest BCUT2D eigenvalue weighted by atomic mass is 10.2. The Hall–Kier alpha value is -2.55. The zero-order valence-electron chi connectivity index (χ0n) is 11.0. The molecule has 0 saturated carbocycles. The summed E-state index contributed by atoms with van der Waals surface area (Å²) < 4.78 is 32.2. The summed E-state index contributed by atoms with van der Waals surface area (Å²) in [5.41, 5.74) is 1.30. The molecule has 0 atom stereocenters. The van der Waals surface area contributed by atoms with Crippen molar-refractivity contribution in [3.63, 3.8) is 0 Å². The van der Waals surface area contributed by atoms with Crippen LogP contribution in [0.25, 0.3) is 0 Å². The van der Waals surface area contributed by atoms with Gasteiger partial charge in [0.15, 0.2) is 6.61 Å². The lowest BCUT2D eigenvalue weighted by molar-refractivity contribution is -0.118. The van der Waals surface area contributed by atoms with Crippen molar-refractivity contribution in [2.24, 2.45) is 0 Å². The first-order chi connectivity index (χ1) is 9.95. The summed E-state index contributed by atoms with van der Waals surface area (Å²) in [5, 5.41) is 8.96. The van der Waals surface area contributed by atoms with Gasteiger partial charge in [-0.25, -0.2) is 8.42 Å². The number of aryl methyl sites for hydroxylation is 1. The zero-order chi connectivity index (χ0) is 15.0. The van der Waals surface area contributed by atoms with Crippen LogP contribution < -0.4 is 14.8 Å². The second kappa shape index (κ2) is 4.77. The summed E-state index contributed by atoms with van der Waals surface area (Å²) in [7, 11) is -3.77. The molecule has 110 valence electrons. The number of anilines is 2. The Morgan fingerprint density at radius 2 is 2.19 bits per heavy atom. The van der Waals surface area contributed by atoms with E-state index < -0.39 is 10.0 Å². The van der Waals surface area contributed by atoms with Crippen molar-refractivity contribution >= 4 is 27.3 Å². The number of benzene rings is 1. The molecule has 8 nitrogen and oxygen atoms in total. The van der Waals surface area contributed by atoms with Gasteiger partial charge in [0.25, 0.3) is 15.9 Å². The van der Waals surface area contributed by atoms with Crippen molar-refractivity contribution in [2.45, 2.75) is 11.8 Å². The van der Waals surface area contributed by atoms with Gasteiger partial charge < -0.3 is 10.1 Å². The van der Waals surface area contributed by atoms with Gasteiger partial charge in [-0.05, 0) is 25.1 Å². The molecule has 0 bridgehead atoms. The first kappa shape index (κ1) is 13.4. The maximum absolute atomic E-state index is 12.3. The highest BCUT2D eigenvalue weighted by Gasteiger charge is 2.21. The molecule has 3 N–H and O–H groups in total. The van der Waals surface area contributed by atoms with Gasteiger partial charge in [0.1, 0.15) is 5.75 Å². The second-order valence-corrected chi connectivity index (χ2v) is 6.19. The van der Waals surface area contributed by atoms with Crippen molar-refractivity contribution in [2.75, 3.05) is 16.6 Å². The fourth-order valence-corrected chi connectivity index (χ4v) is 3.02. The molecule has 2 heterocycles. The van der Waals surface area contributed by atoms with Crippen LogP contribution in [0.1, 0.15) is 5.69 Å². The Balaban J connectivity index is 1.94. The fourth-order valence-electron chi connectivity index (χ4n) is 1.89. The van der Waals surface area contributed by atoms with Crippen LogP contribution in [0.5, 0.6) is 5.75 Å².